The molecule has 2 rings (SSSR count). The van der Waals surface area contributed by atoms with Gasteiger partial charge in [0.1, 0.15) is 0 Å². The molecular weight excluding hydrogens is 186 g/mol. The van der Waals surface area contributed by atoms with Crippen molar-refractivity contribution in [3.05, 3.63) is 30.0 Å². The summed E-state index contributed by atoms with van der Waals surface area (Å²) in [6, 6.07) is 6.33. The van der Waals surface area contributed by atoms with Crippen molar-refractivity contribution in [1.82, 2.24) is 9.97 Å². The molecule has 1 aromatic carbocycles. The van der Waals surface area contributed by atoms with E-state index in [4.69, 9.17) is 0 Å². The Balaban J connectivity index is 2.55. The van der Waals surface area contributed by atoms with Gasteiger partial charge in [0, 0.05) is 18.6 Å². The minimum Gasteiger partial charge on any atom is -0.357 e. The molecule has 0 atom stereocenters. The van der Waals surface area contributed by atoms with Crippen LogP contribution in [0, 0.1) is 0 Å². The van der Waals surface area contributed by atoms with Crippen LogP contribution in [0.25, 0.3) is 10.9 Å². The van der Waals surface area contributed by atoms with E-state index in [-0.39, 0.29) is 0 Å². The molecule has 0 saturated carbocycles. The van der Waals surface area contributed by atoms with Gasteiger partial charge in [0.15, 0.2) is 0 Å². The molecule has 1 N–H and O–H groups in total. The van der Waals surface area contributed by atoms with Gasteiger partial charge in [-0.2, -0.15) is 0 Å². The number of fused-ring (bicyclic) bond motifs is 1. The summed E-state index contributed by atoms with van der Waals surface area (Å²) in [6.07, 6.45) is 1.86. The van der Waals surface area contributed by atoms with Crippen molar-refractivity contribution in [3.8, 4) is 0 Å². The van der Waals surface area contributed by atoms with Gasteiger partial charge in [-0.1, -0.05) is 19.9 Å². The SMILES string of the molecule is CNc1ncc2cc(C(C)C)ccc2n1. The molecule has 0 aliphatic heterocycles. The molecule has 0 bridgehead atoms. The van der Waals surface area contributed by atoms with Crippen molar-refractivity contribution >= 4 is 16.9 Å². The summed E-state index contributed by atoms with van der Waals surface area (Å²) < 4.78 is 0. The molecule has 0 fully saturated rings. The molecule has 0 unspecified atom stereocenters. The molecule has 1 heterocycles. The van der Waals surface area contributed by atoms with Crippen LogP contribution >= 0.6 is 0 Å². The third kappa shape index (κ3) is 1.91. The molecule has 0 aliphatic carbocycles. The predicted octanol–water partition coefficient (Wildman–Crippen LogP) is 2.79. The largest absolute Gasteiger partial charge is 0.357 e. The maximum Gasteiger partial charge on any atom is 0.222 e. The number of hydrogen-bond acceptors (Lipinski definition) is 3. The Hall–Kier alpha value is -1.64. The zero-order valence-electron chi connectivity index (χ0n) is 9.28. The van der Waals surface area contributed by atoms with Crippen molar-refractivity contribution in [2.75, 3.05) is 12.4 Å². The highest BCUT2D eigenvalue weighted by Gasteiger charge is 2.02. The highest BCUT2D eigenvalue weighted by molar-refractivity contribution is 5.79. The van der Waals surface area contributed by atoms with E-state index in [2.05, 4.69) is 41.3 Å². The Labute approximate surface area is 89.6 Å². The molecule has 0 amide bonds. The fourth-order valence-corrected chi connectivity index (χ4v) is 1.53. The van der Waals surface area contributed by atoms with E-state index in [1.807, 2.05) is 19.3 Å². The van der Waals surface area contributed by atoms with E-state index in [9.17, 15) is 0 Å². The van der Waals surface area contributed by atoms with Crippen LogP contribution in [0.2, 0.25) is 0 Å². The third-order valence-corrected chi connectivity index (χ3v) is 2.49. The highest BCUT2D eigenvalue weighted by atomic mass is 15.1. The van der Waals surface area contributed by atoms with Gasteiger partial charge >= 0.3 is 0 Å². The summed E-state index contributed by atoms with van der Waals surface area (Å²) in [6.45, 7) is 4.37. The number of nitrogens with one attached hydrogen (secondary N) is 1. The van der Waals surface area contributed by atoms with Crippen molar-refractivity contribution in [2.24, 2.45) is 0 Å². The number of nitrogens with zero attached hydrogens (tertiary/aromatic N) is 2. The first-order chi connectivity index (χ1) is 7.20. The van der Waals surface area contributed by atoms with Gasteiger partial charge in [-0.15, -0.1) is 0 Å². The number of rotatable bonds is 2. The summed E-state index contributed by atoms with van der Waals surface area (Å²) in [5.74, 6) is 1.21. The van der Waals surface area contributed by atoms with Crippen LogP contribution < -0.4 is 5.32 Å². The van der Waals surface area contributed by atoms with E-state index in [0.29, 0.717) is 11.9 Å². The van der Waals surface area contributed by atoms with E-state index in [1.165, 1.54) is 5.56 Å². The van der Waals surface area contributed by atoms with Gasteiger partial charge in [-0.25, -0.2) is 9.97 Å². The summed E-state index contributed by atoms with van der Waals surface area (Å²) in [5.41, 5.74) is 2.31. The minimum absolute atomic E-state index is 0.540. The van der Waals surface area contributed by atoms with E-state index in [0.717, 1.165) is 10.9 Å². The number of anilines is 1. The number of aromatic nitrogens is 2. The first kappa shape index (κ1) is 9.90. The zero-order valence-corrected chi connectivity index (χ0v) is 9.28. The zero-order chi connectivity index (χ0) is 10.8. The standard InChI is InChI=1S/C12H15N3/c1-8(2)9-4-5-11-10(6-9)7-14-12(13-3)15-11/h4-8H,1-3H3,(H,13,14,15). The van der Waals surface area contributed by atoms with Crippen molar-refractivity contribution < 1.29 is 0 Å². The van der Waals surface area contributed by atoms with Gasteiger partial charge in [0.25, 0.3) is 0 Å². The molecule has 15 heavy (non-hydrogen) atoms. The Morgan fingerprint density at radius 1 is 1.27 bits per heavy atom. The molecule has 78 valence electrons. The second kappa shape index (κ2) is 3.85. The smallest absolute Gasteiger partial charge is 0.222 e. The summed E-state index contributed by atoms with van der Waals surface area (Å²) in [4.78, 5) is 8.58. The van der Waals surface area contributed by atoms with Crippen LogP contribution in [-0.4, -0.2) is 17.0 Å². The normalized spacial score (nSPS) is 10.9. The third-order valence-electron chi connectivity index (χ3n) is 2.49. The molecule has 3 nitrogen and oxygen atoms in total. The average Bonchev–Trinajstić information content (AvgIpc) is 2.27. The van der Waals surface area contributed by atoms with Crippen molar-refractivity contribution in [3.63, 3.8) is 0 Å². The van der Waals surface area contributed by atoms with Crippen LogP contribution in [0.4, 0.5) is 5.95 Å². The highest BCUT2D eigenvalue weighted by Crippen LogP contribution is 2.20. The molecule has 3 heteroatoms. The summed E-state index contributed by atoms with van der Waals surface area (Å²) in [5, 5.41) is 4.03. The molecular formula is C12H15N3. The van der Waals surface area contributed by atoms with Crippen molar-refractivity contribution in [1.29, 1.82) is 0 Å². The van der Waals surface area contributed by atoms with Crippen LogP contribution in [0.3, 0.4) is 0 Å². The van der Waals surface area contributed by atoms with Gasteiger partial charge in [0.2, 0.25) is 5.95 Å². The molecule has 0 saturated heterocycles. The lowest BCUT2D eigenvalue weighted by molar-refractivity contribution is 0.868. The Kier molecular flexibility index (Phi) is 2.54. The second-order valence-electron chi connectivity index (χ2n) is 3.92. The minimum atomic E-state index is 0.540. The molecule has 1 aromatic heterocycles. The maximum absolute atomic E-state index is 4.37. The number of benzene rings is 1. The lowest BCUT2D eigenvalue weighted by Crippen LogP contribution is -1.96. The Bertz CT molecular complexity index is 477. The topological polar surface area (TPSA) is 37.8 Å². The first-order valence-electron chi connectivity index (χ1n) is 5.15. The molecule has 2 aromatic rings. The molecule has 0 spiro atoms. The Morgan fingerprint density at radius 3 is 2.73 bits per heavy atom. The van der Waals surface area contributed by atoms with Gasteiger partial charge in [-0.3, -0.25) is 0 Å². The van der Waals surface area contributed by atoms with Gasteiger partial charge in [-0.05, 0) is 23.6 Å². The fraction of sp³-hybridized carbons (Fsp3) is 0.333. The van der Waals surface area contributed by atoms with Crippen LogP contribution in [0.15, 0.2) is 24.4 Å². The molecule has 0 aliphatic rings. The summed E-state index contributed by atoms with van der Waals surface area (Å²) >= 11 is 0. The van der Waals surface area contributed by atoms with Crippen LogP contribution in [-0.2, 0) is 0 Å². The van der Waals surface area contributed by atoms with E-state index >= 15 is 0 Å². The first-order valence-corrected chi connectivity index (χ1v) is 5.15. The summed E-state index contributed by atoms with van der Waals surface area (Å²) in [7, 11) is 1.82. The van der Waals surface area contributed by atoms with Gasteiger partial charge in [0.05, 0.1) is 5.52 Å². The van der Waals surface area contributed by atoms with Crippen LogP contribution in [0.5, 0.6) is 0 Å². The van der Waals surface area contributed by atoms with Crippen LogP contribution in [0.1, 0.15) is 25.3 Å². The monoisotopic (exact) mass is 201 g/mol. The lowest BCUT2D eigenvalue weighted by atomic mass is 10.0. The van der Waals surface area contributed by atoms with Crippen molar-refractivity contribution in [2.45, 2.75) is 19.8 Å². The van der Waals surface area contributed by atoms with Gasteiger partial charge < -0.3 is 5.32 Å². The van der Waals surface area contributed by atoms with E-state index < -0.39 is 0 Å². The lowest BCUT2D eigenvalue weighted by Gasteiger charge is -2.06. The average molecular weight is 201 g/mol. The second-order valence-corrected chi connectivity index (χ2v) is 3.92. The molecule has 0 radical (unpaired) electrons. The fourth-order valence-electron chi connectivity index (χ4n) is 1.53. The predicted molar refractivity (Wildman–Crippen MR) is 63.2 cm³/mol. The number of hydrogen-bond donors (Lipinski definition) is 1. The maximum atomic E-state index is 4.37. The Morgan fingerprint density at radius 2 is 2.07 bits per heavy atom. The van der Waals surface area contributed by atoms with E-state index in [1.54, 1.807) is 0 Å². The quantitative estimate of drug-likeness (QED) is 0.811.